The molecule has 0 aromatic carbocycles. The van der Waals surface area contributed by atoms with Crippen LogP contribution in [-0.2, 0) is 6.42 Å². The van der Waals surface area contributed by atoms with Crippen molar-refractivity contribution in [3.63, 3.8) is 0 Å². The number of rotatable bonds is 3. The smallest absolute Gasteiger partial charge is 0.157 e. The van der Waals surface area contributed by atoms with Crippen LogP contribution in [0, 0.1) is 0 Å². The highest BCUT2D eigenvalue weighted by atomic mass is 32.2. The molecule has 0 atom stereocenters. The van der Waals surface area contributed by atoms with Gasteiger partial charge in [-0.25, -0.2) is 4.98 Å². The minimum Gasteiger partial charge on any atom is -0.359 e. The van der Waals surface area contributed by atoms with Crippen LogP contribution in [0.25, 0.3) is 0 Å². The zero-order valence-corrected chi connectivity index (χ0v) is 11.4. The third kappa shape index (κ3) is 2.65. The average Bonchev–Trinajstić information content (AvgIpc) is 3.04. The molecule has 1 saturated carbocycles. The van der Waals surface area contributed by atoms with Crippen molar-refractivity contribution >= 4 is 28.3 Å². The highest BCUT2D eigenvalue weighted by molar-refractivity contribution is 8.14. The van der Waals surface area contributed by atoms with E-state index in [9.17, 15) is 0 Å². The van der Waals surface area contributed by atoms with Crippen LogP contribution in [0.15, 0.2) is 16.6 Å². The second-order valence-electron chi connectivity index (χ2n) is 4.76. The molecule has 1 saturated heterocycles. The number of hydrogen-bond acceptors (Lipinski definition) is 4. The van der Waals surface area contributed by atoms with Gasteiger partial charge in [0.15, 0.2) is 5.17 Å². The van der Waals surface area contributed by atoms with E-state index in [0.717, 1.165) is 18.1 Å². The topological polar surface area (TPSA) is 37.3 Å². The van der Waals surface area contributed by atoms with E-state index < -0.39 is 0 Å². The lowest BCUT2D eigenvalue weighted by molar-refractivity contribution is 0.452. The Labute approximate surface area is 110 Å². The Morgan fingerprint density at radius 2 is 2.29 bits per heavy atom. The maximum atomic E-state index is 4.65. The molecule has 3 rings (SSSR count). The monoisotopic (exact) mass is 267 g/mol. The molecule has 92 valence electrons. The first kappa shape index (κ1) is 11.5. The van der Waals surface area contributed by atoms with Crippen molar-refractivity contribution in [1.82, 2.24) is 10.3 Å². The summed E-state index contributed by atoms with van der Waals surface area (Å²) in [6.45, 7) is 0.860. The molecule has 0 amide bonds. The molecule has 1 aliphatic carbocycles. The van der Waals surface area contributed by atoms with Gasteiger partial charge in [-0.3, -0.25) is 4.99 Å². The molecule has 1 N–H and O–H groups in total. The van der Waals surface area contributed by atoms with Gasteiger partial charge in [-0.15, -0.1) is 11.3 Å². The maximum absolute atomic E-state index is 4.65. The second kappa shape index (κ2) is 4.98. The summed E-state index contributed by atoms with van der Waals surface area (Å²) in [6.07, 6.45) is 8.23. The molecular formula is C12H17N3S2. The first-order chi connectivity index (χ1) is 8.36. The lowest BCUT2D eigenvalue weighted by Crippen LogP contribution is -2.40. The van der Waals surface area contributed by atoms with Gasteiger partial charge in [0.05, 0.1) is 5.01 Å². The summed E-state index contributed by atoms with van der Waals surface area (Å²) in [5.41, 5.74) is 0.394. The number of thiazole rings is 1. The normalized spacial score (nSPS) is 24.6. The van der Waals surface area contributed by atoms with E-state index in [-0.39, 0.29) is 0 Å². The Kier molecular flexibility index (Phi) is 3.38. The fourth-order valence-electron chi connectivity index (χ4n) is 2.54. The average molecular weight is 267 g/mol. The van der Waals surface area contributed by atoms with Gasteiger partial charge < -0.3 is 5.32 Å². The summed E-state index contributed by atoms with van der Waals surface area (Å²) < 4.78 is 0. The first-order valence-corrected chi connectivity index (χ1v) is 8.07. The summed E-state index contributed by atoms with van der Waals surface area (Å²) in [5, 5.41) is 8.01. The molecule has 1 aromatic rings. The predicted octanol–water partition coefficient (Wildman–Crippen LogP) is 2.69. The number of nitrogens with zero attached hydrogens (tertiary/aromatic N) is 2. The van der Waals surface area contributed by atoms with Gasteiger partial charge in [0.1, 0.15) is 0 Å². The lowest BCUT2D eigenvalue weighted by atomic mass is 10.0. The standard InChI is InChI=1S/C12H17N3S2/c1-2-5-12(4-1)9-17-11(15-12)14-6-3-10-13-7-8-16-10/h7-8H,1-6,9H2,(H,14,15). The third-order valence-electron chi connectivity index (χ3n) is 3.48. The van der Waals surface area contributed by atoms with E-state index in [1.807, 2.05) is 23.3 Å². The van der Waals surface area contributed by atoms with Crippen LogP contribution in [0.2, 0.25) is 0 Å². The summed E-state index contributed by atoms with van der Waals surface area (Å²) in [6, 6.07) is 0. The lowest BCUT2D eigenvalue weighted by Gasteiger charge is -2.21. The van der Waals surface area contributed by atoms with Crippen LogP contribution in [0.5, 0.6) is 0 Å². The molecule has 3 nitrogen and oxygen atoms in total. The SMILES string of the molecule is c1csc(CCN=C2NC3(CCCC3)CS2)n1. The van der Waals surface area contributed by atoms with Crippen molar-refractivity contribution in [3.8, 4) is 0 Å². The van der Waals surface area contributed by atoms with E-state index in [1.54, 1.807) is 11.3 Å². The summed E-state index contributed by atoms with van der Waals surface area (Å²) in [7, 11) is 0. The number of nitrogens with one attached hydrogen (secondary N) is 1. The molecule has 1 aliphatic heterocycles. The highest BCUT2D eigenvalue weighted by Gasteiger charge is 2.39. The zero-order valence-electron chi connectivity index (χ0n) is 9.82. The van der Waals surface area contributed by atoms with Crippen LogP contribution < -0.4 is 5.32 Å². The van der Waals surface area contributed by atoms with E-state index >= 15 is 0 Å². The number of aromatic nitrogens is 1. The van der Waals surface area contributed by atoms with Gasteiger partial charge in [0.25, 0.3) is 0 Å². The van der Waals surface area contributed by atoms with Gasteiger partial charge in [0, 0.05) is 35.8 Å². The van der Waals surface area contributed by atoms with Crippen molar-refractivity contribution in [2.75, 3.05) is 12.3 Å². The Bertz CT molecular complexity index is 394. The van der Waals surface area contributed by atoms with E-state index in [0.29, 0.717) is 5.54 Å². The summed E-state index contributed by atoms with van der Waals surface area (Å²) >= 11 is 3.61. The largest absolute Gasteiger partial charge is 0.359 e. The van der Waals surface area contributed by atoms with E-state index in [4.69, 9.17) is 0 Å². The molecule has 17 heavy (non-hydrogen) atoms. The van der Waals surface area contributed by atoms with Crippen molar-refractivity contribution in [3.05, 3.63) is 16.6 Å². The minimum absolute atomic E-state index is 0.394. The Morgan fingerprint density at radius 3 is 3.06 bits per heavy atom. The fraction of sp³-hybridized carbons (Fsp3) is 0.667. The number of aliphatic imine (C=N–C) groups is 1. The molecule has 0 bridgehead atoms. The van der Waals surface area contributed by atoms with Crippen LogP contribution in [-0.4, -0.2) is 28.0 Å². The zero-order chi connectivity index (χ0) is 11.6. The Hall–Kier alpha value is -0.550. The molecule has 0 unspecified atom stereocenters. The van der Waals surface area contributed by atoms with Crippen molar-refractivity contribution < 1.29 is 0 Å². The molecular weight excluding hydrogens is 250 g/mol. The molecule has 0 radical (unpaired) electrons. The van der Waals surface area contributed by atoms with Crippen LogP contribution >= 0.6 is 23.1 Å². The minimum atomic E-state index is 0.394. The third-order valence-corrected chi connectivity index (χ3v) is 5.52. The predicted molar refractivity (Wildman–Crippen MR) is 74.9 cm³/mol. The van der Waals surface area contributed by atoms with Gasteiger partial charge in [-0.1, -0.05) is 24.6 Å². The van der Waals surface area contributed by atoms with Gasteiger partial charge in [0.2, 0.25) is 0 Å². The Morgan fingerprint density at radius 1 is 1.41 bits per heavy atom. The van der Waals surface area contributed by atoms with Crippen molar-refractivity contribution in [1.29, 1.82) is 0 Å². The van der Waals surface area contributed by atoms with Crippen molar-refractivity contribution in [2.24, 2.45) is 4.99 Å². The van der Waals surface area contributed by atoms with Gasteiger partial charge in [-0.05, 0) is 12.8 Å². The molecule has 1 spiro atoms. The molecule has 1 aromatic heterocycles. The first-order valence-electron chi connectivity index (χ1n) is 6.20. The van der Waals surface area contributed by atoms with E-state index in [1.165, 1.54) is 36.4 Å². The Balaban J connectivity index is 1.52. The van der Waals surface area contributed by atoms with Gasteiger partial charge in [-0.2, -0.15) is 0 Å². The maximum Gasteiger partial charge on any atom is 0.157 e. The van der Waals surface area contributed by atoms with Crippen LogP contribution in [0.3, 0.4) is 0 Å². The number of amidine groups is 1. The fourth-order valence-corrected chi connectivity index (χ4v) is 4.40. The molecule has 2 fully saturated rings. The molecule has 2 heterocycles. The van der Waals surface area contributed by atoms with Gasteiger partial charge >= 0.3 is 0 Å². The highest BCUT2D eigenvalue weighted by Crippen LogP contribution is 2.37. The van der Waals surface area contributed by atoms with E-state index in [2.05, 4.69) is 15.3 Å². The number of thioether (sulfide) groups is 1. The second-order valence-corrected chi connectivity index (χ2v) is 6.71. The summed E-state index contributed by atoms with van der Waals surface area (Å²) in [5.74, 6) is 1.21. The quantitative estimate of drug-likeness (QED) is 0.915. The molecule has 5 heteroatoms. The summed E-state index contributed by atoms with van der Waals surface area (Å²) in [4.78, 5) is 8.93. The van der Waals surface area contributed by atoms with Crippen LogP contribution in [0.4, 0.5) is 0 Å². The molecule has 2 aliphatic rings. The van der Waals surface area contributed by atoms with Crippen molar-refractivity contribution in [2.45, 2.75) is 37.6 Å². The van der Waals surface area contributed by atoms with Crippen LogP contribution in [0.1, 0.15) is 30.7 Å². The number of hydrogen-bond donors (Lipinski definition) is 1.